The molecule has 0 aliphatic heterocycles. The van der Waals surface area contributed by atoms with Crippen molar-refractivity contribution in [3.63, 3.8) is 0 Å². The Bertz CT molecular complexity index is 1350. The Balaban J connectivity index is 3.99. The van der Waals surface area contributed by atoms with Crippen LogP contribution in [0.1, 0.15) is 341 Å². The minimum absolute atomic E-state index is 0.00726. The van der Waals surface area contributed by atoms with E-state index in [9.17, 15) is 19.4 Å². The number of hydrogen-bond acceptors (Lipinski definition) is 6. The molecule has 0 aliphatic carbocycles. The molecule has 0 rings (SSSR count). The molecule has 0 aromatic carbocycles. The zero-order valence-corrected chi connectivity index (χ0v) is 53.1. The van der Waals surface area contributed by atoms with E-state index in [2.05, 4.69) is 43.5 Å². The number of allylic oxidation sites excluding steroid dienone is 5. The standard InChI is InChI=1S/C68H133N2O6P/c1-6-8-10-12-14-16-18-20-22-24-26-27-28-29-30-31-32-33-34-35-36-37-38-39-40-41-42-44-46-48-50-52-54-56-58-60-62-68(72)69-66(65-76-77(73,74)75-64-63-70(3,4)5)67(71)61-59-57-55-53-51-49-47-45-43-25-23-21-19-17-15-13-11-9-7-2/h43,45,51,53,59,61,66-67,71H,6-42,44,46-50,52,54-58,60,62-65H2,1-5H3,(H-,69,72,73,74)/b45-43+,53-51+,61-59+. The van der Waals surface area contributed by atoms with Gasteiger partial charge in [-0.3, -0.25) is 9.36 Å². The number of carbonyl (C=O) groups excluding carboxylic acids is 1. The third-order valence-electron chi connectivity index (χ3n) is 15.6. The maximum atomic E-state index is 13.0. The van der Waals surface area contributed by atoms with Crippen molar-refractivity contribution in [2.45, 2.75) is 353 Å². The minimum atomic E-state index is -4.61. The summed E-state index contributed by atoms with van der Waals surface area (Å²) < 4.78 is 23.4. The van der Waals surface area contributed by atoms with Crippen LogP contribution in [-0.4, -0.2) is 68.5 Å². The Hall–Kier alpha value is -1.28. The lowest BCUT2D eigenvalue weighted by Crippen LogP contribution is -2.45. The third kappa shape index (κ3) is 62.2. The van der Waals surface area contributed by atoms with Crippen LogP contribution in [0, 0.1) is 0 Å². The molecular weight excluding hydrogens is 972 g/mol. The van der Waals surface area contributed by atoms with Crippen LogP contribution in [0.4, 0.5) is 0 Å². The second-order valence-electron chi connectivity index (χ2n) is 24.5. The van der Waals surface area contributed by atoms with Gasteiger partial charge in [-0.1, -0.05) is 326 Å². The minimum Gasteiger partial charge on any atom is -0.756 e. The van der Waals surface area contributed by atoms with Crippen molar-refractivity contribution in [2.75, 3.05) is 40.9 Å². The molecule has 1 amide bonds. The predicted octanol–water partition coefficient (Wildman–Crippen LogP) is 20.6. The van der Waals surface area contributed by atoms with Crippen molar-refractivity contribution in [3.05, 3.63) is 36.5 Å². The van der Waals surface area contributed by atoms with E-state index >= 15 is 0 Å². The van der Waals surface area contributed by atoms with Crippen LogP contribution in [-0.2, 0) is 18.4 Å². The van der Waals surface area contributed by atoms with E-state index in [4.69, 9.17) is 9.05 Å². The second-order valence-corrected chi connectivity index (χ2v) is 25.9. The molecule has 456 valence electrons. The topological polar surface area (TPSA) is 108 Å². The van der Waals surface area contributed by atoms with Gasteiger partial charge in [-0.25, -0.2) is 0 Å². The number of aliphatic hydroxyl groups excluding tert-OH is 1. The Morgan fingerprint density at radius 1 is 0.442 bits per heavy atom. The summed E-state index contributed by atoms with van der Waals surface area (Å²) in [4.78, 5) is 25.6. The maximum absolute atomic E-state index is 13.0. The summed E-state index contributed by atoms with van der Waals surface area (Å²) >= 11 is 0. The van der Waals surface area contributed by atoms with Gasteiger partial charge in [0.15, 0.2) is 0 Å². The van der Waals surface area contributed by atoms with Crippen LogP contribution in [0.25, 0.3) is 0 Å². The third-order valence-corrected chi connectivity index (χ3v) is 16.5. The number of carbonyl (C=O) groups is 1. The first-order valence-electron chi connectivity index (χ1n) is 33.9. The summed E-state index contributed by atoms with van der Waals surface area (Å²) in [6, 6.07) is -0.908. The van der Waals surface area contributed by atoms with Gasteiger partial charge in [0.05, 0.1) is 39.9 Å². The normalized spacial score (nSPS) is 13.9. The van der Waals surface area contributed by atoms with Gasteiger partial charge in [-0.05, 0) is 44.9 Å². The first-order valence-corrected chi connectivity index (χ1v) is 35.3. The molecule has 0 heterocycles. The molecule has 0 aromatic heterocycles. The van der Waals surface area contributed by atoms with E-state index in [1.807, 2.05) is 27.2 Å². The van der Waals surface area contributed by atoms with Crippen LogP contribution in [0.2, 0.25) is 0 Å². The van der Waals surface area contributed by atoms with Gasteiger partial charge in [-0.15, -0.1) is 0 Å². The number of phosphoric ester groups is 1. The van der Waals surface area contributed by atoms with E-state index < -0.39 is 26.6 Å². The van der Waals surface area contributed by atoms with Gasteiger partial charge in [0.1, 0.15) is 13.2 Å². The fourth-order valence-electron chi connectivity index (χ4n) is 10.3. The van der Waals surface area contributed by atoms with Crippen LogP contribution in [0.15, 0.2) is 36.5 Å². The zero-order valence-electron chi connectivity index (χ0n) is 52.2. The van der Waals surface area contributed by atoms with Gasteiger partial charge in [-0.2, -0.15) is 0 Å². The zero-order chi connectivity index (χ0) is 56.3. The highest BCUT2D eigenvalue weighted by atomic mass is 31.2. The number of unbranched alkanes of at least 4 members (excludes halogenated alkanes) is 46. The van der Waals surface area contributed by atoms with Crippen LogP contribution >= 0.6 is 7.82 Å². The fraction of sp³-hybridized carbons (Fsp3) is 0.897. The average molecular weight is 1110 g/mol. The summed E-state index contributed by atoms with van der Waals surface area (Å²) in [7, 11) is 1.25. The van der Waals surface area contributed by atoms with Crippen molar-refractivity contribution in [1.82, 2.24) is 5.32 Å². The SMILES string of the molecule is CCCCCCCCCCC/C=C/CC/C=C/CC/C=C/C(O)C(COP(=O)([O-])OCC[N+](C)(C)C)NC(=O)CCCCCCCCCCCCCCCCCCCCCCCCCCCCCCCCCCCCCC. The van der Waals surface area contributed by atoms with E-state index in [0.717, 1.165) is 44.9 Å². The Morgan fingerprint density at radius 3 is 1.05 bits per heavy atom. The quantitative estimate of drug-likeness (QED) is 0.0272. The molecule has 0 bridgehead atoms. The van der Waals surface area contributed by atoms with Crippen molar-refractivity contribution >= 4 is 13.7 Å². The molecule has 0 radical (unpaired) electrons. The summed E-state index contributed by atoms with van der Waals surface area (Å²) in [6.07, 6.45) is 78.5. The number of aliphatic hydroxyl groups is 1. The highest BCUT2D eigenvalue weighted by molar-refractivity contribution is 7.45. The molecule has 77 heavy (non-hydrogen) atoms. The van der Waals surface area contributed by atoms with Crippen molar-refractivity contribution in [2.24, 2.45) is 0 Å². The summed E-state index contributed by atoms with van der Waals surface area (Å²) in [5.41, 5.74) is 0. The summed E-state index contributed by atoms with van der Waals surface area (Å²) in [5.74, 6) is -0.205. The predicted molar refractivity (Wildman–Crippen MR) is 335 cm³/mol. The molecule has 3 atom stereocenters. The Labute approximate surface area is 480 Å². The molecule has 9 heteroatoms. The smallest absolute Gasteiger partial charge is 0.268 e. The van der Waals surface area contributed by atoms with Crippen molar-refractivity contribution in [1.29, 1.82) is 0 Å². The fourth-order valence-corrected chi connectivity index (χ4v) is 11.0. The lowest BCUT2D eigenvalue weighted by Gasteiger charge is -2.29. The summed E-state index contributed by atoms with van der Waals surface area (Å²) in [6.45, 7) is 4.66. The number of quaternary nitrogens is 1. The number of phosphoric acid groups is 1. The lowest BCUT2D eigenvalue weighted by molar-refractivity contribution is -0.870. The van der Waals surface area contributed by atoms with Crippen LogP contribution in [0.3, 0.4) is 0 Å². The maximum Gasteiger partial charge on any atom is 0.268 e. The largest absolute Gasteiger partial charge is 0.756 e. The average Bonchev–Trinajstić information content (AvgIpc) is 3.39. The highest BCUT2D eigenvalue weighted by Gasteiger charge is 2.23. The van der Waals surface area contributed by atoms with Crippen LogP contribution < -0.4 is 10.2 Å². The Kier molecular flexibility index (Phi) is 58.4. The summed E-state index contributed by atoms with van der Waals surface area (Å²) in [5, 5.41) is 13.9. The number of nitrogens with one attached hydrogen (secondary N) is 1. The van der Waals surface area contributed by atoms with E-state index in [1.54, 1.807) is 6.08 Å². The molecule has 0 spiro atoms. The molecular formula is C68H133N2O6P. The lowest BCUT2D eigenvalue weighted by atomic mass is 10.0. The number of nitrogens with zero attached hydrogens (tertiary/aromatic N) is 1. The van der Waals surface area contributed by atoms with Gasteiger partial charge >= 0.3 is 0 Å². The molecule has 2 N–H and O–H groups in total. The molecule has 0 saturated heterocycles. The molecule has 0 aromatic rings. The number of amides is 1. The molecule has 0 aliphatic rings. The van der Waals surface area contributed by atoms with E-state index in [1.165, 1.54) is 276 Å². The molecule has 0 fully saturated rings. The Morgan fingerprint density at radius 2 is 0.727 bits per heavy atom. The highest BCUT2D eigenvalue weighted by Crippen LogP contribution is 2.38. The number of hydrogen-bond donors (Lipinski definition) is 2. The second kappa shape index (κ2) is 59.3. The van der Waals surface area contributed by atoms with Crippen molar-refractivity contribution in [3.8, 4) is 0 Å². The van der Waals surface area contributed by atoms with Gasteiger partial charge in [0.2, 0.25) is 5.91 Å². The molecule has 3 unspecified atom stereocenters. The first-order chi connectivity index (χ1) is 37.5. The van der Waals surface area contributed by atoms with Crippen LogP contribution in [0.5, 0.6) is 0 Å². The monoisotopic (exact) mass is 1100 g/mol. The first kappa shape index (κ1) is 75.7. The number of likely N-dealkylation sites (N-methyl/N-ethyl adjacent to an activating group) is 1. The van der Waals surface area contributed by atoms with Gasteiger partial charge in [0.25, 0.3) is 7.82 Å². The van der Waals surface area contributed by atoms with E-state index in [-0.39, 0.29) is 12.5 Å². The van der Waals surface area contributed by atoms with Gasteiger partial charge in [0, 0.05) is 6.42 Å². The molecule has 8 nitrogen and oxygen atoms in total. The molecule has 0 saturated carbocycles. The van der Waals surface area contributed by atoms with E-state index in [0.29, 0.717) is 17.4 Å². The van der Waals surface area contributed by atoms with Gasteiger partial charge < -0.3 is 28.8 Å². The van der Waals surface area contributed by atoms with Crippen molar-refractivity contribution < 1.29 is 32.9 Å². The number of rotatable bonds is 63.